The molecule has 0 saturated heterocycles. The van der Waals surface area contributed by atoms with Crippen LogP contribution in [0.4, 0.5) is 11.4 Å². The van der Waals surface area contributed by atoms with Crippen LogP contribution < -0.4 is 11.1 Å². The molecule has 16 heavy (non-hydrogen) atoms. The number of rotatable bonds is 3. The van der Waals surface area contributed by atoms with E-state index in [9.17, 15) is 0 Å². The summed E-state index contributed by atoms with van der Waals surface area (Å²) >= 11 is 10.9. The number of thiophene rings is 1. The standard InChI is InChI=1S/C10H9BrClN3S/c11-6-3-8(10(12)15-4-6)14-5-9-7(13)1-2-16-9/h1-4,14H,5,13H2. The lowest BCUT2D eigenvalue weighted by molar-refractivity contribution is 1.17. The fourth-order valence-electron chi connectivity index (χ4n) is 1.22. The Morgan fingerprint density at radius 3 is 3.06 bits per heavy atom. The Morgan fingerprint density at radius 2 is 2.38 bits per heavy atom. The minimum absolute atomic E-state index is 0.457. The molecule has 2 rings (SSSR count). The Hall–Kier alpha value is -0.780. The summed E-state index contributed by atoms with van der Waals surface area (Å²) in [4.78, 5) is 5.12. The van der Waals surface area contributed by atoms with Gasteiger partial charge in [0, 0.05) is 21.2 Å². The van der Waals surface area contributed by atoms with Gasteiger partial charge in [0.25, 0.3) is 0 Å². The van der Waals surface area contributed by atoms with Crippen molar-refractivity contribution in [1.29, 1.82) is 0 Å². The molecule has 84 valence electrons. The molecule has 0 unspecified atom stereocenters. The molecule has 0 aliphatic heterocycles. The first-order valence-corrected chi connectivity index (χ1v) is 6.58. The molecule has 2 aromatic rings. The van der Waals surface area contributed by atoms with Gasteiger partial charge in [0.1, 0.15) is 0 Å². The monoisotopic (exact) mass is 317 g/mol. The summed E-state index contributed by atoms with van der Waals surface area (Å²) in [7, 11) is 0. The van der Waals surface area contributed by atoms with Gasteiger partial charge in [-0.2, -0.15) is 0 Å². The highest BCUT2D eigenvalue weighted by atomic mass is 79.9. The lowest BCUT2D eigenvalue weighted by Crippen LogP contribution is -2.01. The Labute approximate surface area is 111 Å². The van der Waals surface area contributed by atoms with Crippen molar-refractivity contribution < 1.29 is 0 Å². The topological polar surface area (TPSA) is 50.9 Å². The van der Waals surface area contributed by atoms with Crippen LogP contribution in [-0.2, 0) is 6.54 Å². The van der Waals surface area contributed by atoms with E-state index in [1.54, 1.807) is 17.5 Å². The maximum Gasteiger partial charge on any atom is 0.152 e. The number of pyridine rings is 1. The van der Waals surface area contributed by atoms with E-state index in [-0.39, 0.29) is 0 Å². The molecule has 6 heteroatoms. The zero-order valence-electron chi connectivity index (χ0n) is 8.21. The minimum atomic E-state index is 0.457. The van der Waals surface area contributed by atoms with Crippen LogP contribution in [0.5, 0.6) is 0 Å². The largest absolute Gasteiger partial charge is 0.398 e. The van der Waals surface area contributed by atoms with Crippen molar-refractivity contribution in [2.24, 2.45) is 0 Å². The van der Waals surface area contributed by atoms with Gasteiger partial charge in [0.05, 0.1) is 12.2 Å². The molecule has 0 radical (unpaired) electrons. The summed E-state index contributed by atoms with van der Waals surface area (Å²) in [6.45, 7) is 0.654. The van der Waals surface area contributed by atoms with Gasteiger partial charge in [-0.3, -0.25) is 0 Å². The third-order valence-electron chi connectivity index (χ3n) is 2.02. The van der Waals surface area contributed by atoms with Gasteiger partial charge in [-0.1, -0.05) is 11.6 Å². The molecular formula is C10H9BrClN3S. The van der Waals surface area contributed by atoms with Crippen LogP contribution in [0.3, 0.4) is 0 Å². The predicted octanol–water partition coefficient (Wildman–Crippen LogP) is 3.75. The van der Waals surface area contributed by atoms with Crippen LogP contribution in [0.25, 0.3) is 0 Å². The van der Waals surface area contributed by atoms with Crippen molar-refractivity contribution in [3.63, 3.8) is 0 Å². The van der Waals surface area contributed by atoms with E-state index in [0.29, 0.717) is 11.7 Å². The second kappa shape index (κ2) is 5.03. The highest BCUT2D eigenvalue weighted by molar-refractivity contribution is 9.10. The van der Waals surface area contributed by atoms with Crippen molar-refractivity contribution in [2.75, 3.05) is 11.1 Å². The number of hydrogen-bond donors (Lipinski definition) is 2. The van der Waals surface area contributed by atoms with E-state index in [1.807, 2.05) is 17.5 Å². The Bertz CT molecular complexity index is 501. The van der Waals surface area contributed by atoms with Crippen molar-refractivity contribution in [1.82, 2.24) is 4.98 Å². The average molecular weight is 319 g/mol. The number of halogens is 2. The first-order valence-electron chi connectivity index (χ1n) is 4.53. The van der Waals surface area contributed by atoms with Gasteiger partial charge < -0.3 is 11.1 Å². The molecule has 2 heterocycles. The van der Waals surface area contributed by atoms with Crippen LogP contribution in [0, 0.1) is 0 Å². The summed E-state index contributed by atoms with van der Waals surface area (Å²) in [6.07, 6.45) is 1.66. The molecule has 0 aliphatic rings. The van der Waals surface area contributed by atoms with Gasteiger partial charge in [-0.25, -0.2) is 4.98 Å². The number of nitrogens with one attached hydrogen (secondary N) is 1. The first kappa shape index (κ1) is 11.7. The number of hydrogen-bond acceptors (Lipinski definition) is 4. The van der Waals surface area contributed by atoms with E-state index in [2.05, 4.69) is 26.2 Å². The molecule has 3 N–H and O–H groups in total. The summed E-state index contributed by atoms with van der Waals surface area (Å²) < 4.78 is 0.888. The first-order chi connectivity index (χ1) is 7.66. The smallest absolute Gasteiger partial charge is 0.152 e. The highest BCUT2D eigenvalue weighted by Crippen LogP contribution is 2.25. The van der Waals surface area contributed by atoms with Crippen LogP contribution in [0.1, 0.15) is 4.88 Å². The summed E-state index contributed by atoms with van der Waals surface area (Å²) in [5.74, 6) is 0. The predicted molar refractivity (Wildman–Crippen MR) is 73.0 cm³/mol. The summed E-state index contributed by atoms with van der Waals surface area (Å²) in [5, 5.41) is 5.63. The summed E-state index contributed by atoms with van der Waals surface area (Å²) in [6, 6.07) is 3.78. The second-order valence-electron chi connectivity index (χ2n) is 3.14. The van der Waals surface area contributed by atoms with Gasteiger partial charge >= 0.3 is 0 Å². The maximum atomic E-state index is 5.95. The van der Waals surface area contributed by atoms with Gasteiger partial charge in [-0.05, 0) is 33.4 Å². The fraction of sp³-hybridized carbons (Fsp3) is 0.100. The van der Waals surface area contributed by atoms with Gasteiger partial charge in [-0.15, -0.1) is 11.3 Å². The van der Waals surface area contributed by atoms with Crippen LogP contribution in [0.2, 0.25) is 5.15 Å². The summed E-state index contributed by atoms with van der Waals surface area (Å²) in [5.41, 5.74) is 7.38. The molecule has 0 amide bonds. The van der Waals surface area contributed by atoms with E-state index < -0.39 is 0 Å². The maximum absolute atomic E-state index is 5.95. The number of aromatic nitrogens is 1. The van der Waals surface area contributed by atoms with Crippen molar-refractivity contribution in [3.8, 4) is 0 Å². The van der Waals surface area contributed by atoms with Crippen LogP contribution >= 0.6 is 38.9 Å². The SMILES string of the molecule is Nc1ccsc1CNc1cc(Br)cnc1Cl. The molecule has 0 aromatic carbocycles. The molecule has 0 bridgehead atoms. The minimum Gasteiger partial charge on any atom is -0.398 e. The van der Waals surface area contributed by atoms with Gasteiger partial charge in [0.15, 0.2) is 5.15 Å². The normalized spacial score (nSPS) is 10.4. The molecular weight excluding hydrogens is 310 g/mol. The van der Waals surface area contributed by atoms with Crippen LogP contribution in [-0.4, -0.2) is 4.98 Å². The molecule has 0 spiro atoms. The quantitative estimate of drug-likeness (QED) is 0.847. The molecule has 0 atom stereocenters. The molecule has 2 aromatic heterocycles. The molecule has 0 saturated carbocycles. The number of anilines is 2. The average Bonchev–Trinajstić information content (AvgIpc) is 2.66. The zero-order chi connectivity index (χ0) is 11.5. The highest BCUT2D eigenvalue weighted by Gasteiger charge is 2.04. The molecule has 3 nitrogen and oxygen atoms in total. The fourth-order valence-corrected chi connectivity index (χ4v) is 2.46. The Balaban J connectivity index is 2.10. The van der Waals surface area contributed by atoms with Crippen molar-refractivity contribution >= 4 is 50.2 Å². The van der Waals surface area contributed by atoms with Crippen LogP contribution in [0.15, 0.2) is 28.2 Å². The lowest BCUT2D eigenvalue weighted by atomic mass is 10.3. The second-order valence-corrected chi connectivity index (χ2v) is 5.42. The molecule has 0 fully saturated rings. The Morgan fingerprint density at radius 1 is 1.56 bits per heavy atom. The molecule has 0 aliphatic carbocycles. The van der Waals surface area contributed by atoms with E-state index in [1.165, 1.54) is 0 Å². The number of nitrogen functional groups attached to an aromatic ring is 1. The third kappa shape index (κ3) is 2.66. The number of nitrogens with zero attached hydrogens (tertiary/aromatic N) is 1. The van der Waals surface area contributed by atoms with E-state index in [4.69, 9.17) is 17.3 Å². The van der Waals surface area contributed by atoms with Crippen molar-refractivity contribution in [2.45, 2.75) is 6.54 Å². The lowest BCUT2D eigenvalue weighted by Gasteiger charge is -2.07. The third-order valence-corrected chi connectivity index (χ3v) is 3.70. The number of nitrogens with two attached hydrogens (primary N) is 1. The van der Waals surface area contributed by atoms with E-state index in [0.717, 1.165) is 20.7 Å². The Kier molecular flexibility index (Phi) is 3.68. The zero-order valence-corrected chi connectivity index (χ0v) is 11.4. The van der Waals surface area contributed by atoms with E-state index >= 15 is 0 Å². The van der Waals surface area contributed by atoms with Gasteiger partial charge in [0.2, 0.25) is 0 Å². The van der Waals surface area contributed by atoms with Crippen molar-refractivity contribution in [3.05, 3.63) is 38.2 Å².